The summed E-state index contributed by atoms with van der Waals surface area (Å²) in [5.41, 5.74) is 0. The van der Waals surface area contributed by atoms with Gasteiger partial charge in [0.05, 0.1) is 39.1 Å². The smallest absolute Gasteiger partial charge is 0.246 e. The van der Waals surface area contributed by atoms with Crippen molar-refractivity contribution < 1.29 is 23.8 Å². The van der Waals surface area contributed by atoms with Crippen molar-refractivity contribution in [3.63, 3.8) is 0 Å². The highest BCUT2D eigenvalue weighted by Gasteiger charge is 2.12. The second-order valence-corrected chi connectivity index (χ2v) is 4.64. The van der Waals surface area contributed by atoms with Crippen LogP contribution >= 0.6 is 0 Å². The van der Waals surface area contributed by atoms with Gasteiger partial charge in [0, 0.05) is 13.1 Å². The average Bonchev–Trinajstić information content (AvgIpc) is 2.49. The molecule has 0 bridgehead atoms. The molecule has 0 fully saturated rings. The molecule has 1 amide bonds. The first-order valence-corrected chi connectivity index (χ1v) is 7.44. The van der Waals surface area contributed by atoms with E-state index in [-0.39, 0.29) is 30.9 Å². The lowest BCUT2D eigenvalue weighted by Crippen LogP contribution is -2.44. The highest BCUT2D eigenvalue weighted by molar-refractivity contribution is 5.83. The van der Waals surface area contributed by atoms with E-state index >= 15 is 0 Å². The summed E-state index contributed by atoms with van der Waals surface area (Å²) in [4.78, 5) is 22.6. The van der Waals surface area contributed by atoms with Crippen LogP contribution in [0.2, 0.25) is 0 Å². The highest BCUT2D eigenvalue weighted by atomic mass is 16.5. The molecule has 0 saturated heterocycles. The number of nitrogens with one attached hydrogen (secondary N) is 3. The van der Waals surface area contributed by atoms with Gasteiger partial charge in [0.25, 0.3) is 0 Å². The van der Waals surface area contributed by atoms with Gasteiger partial charge in [-0.3, -0.25) is 9.59 Å². The van der Waals surface area contributed by atoms with Crippen LogP contribution in [0.25, 0.3) is 0 Å². The van der Waals surface area contributed by atoms with Crippen LogP contribution in [0.3, 0.4) is 0 Å². The lowest BCUT2D eigenvalue weighted by molar-refractivity contribution is -0.126. The Kier molecular flexibility index (Phi) is 14.1. The third-order valence-corrected chi connectivity index (χ3v) is 2.82. The number of amides is 1. The molecule has 0 aliphatic rings. The predicted molar refractivity (Wildman–Crippen MR) is 82.9 cm³/mol. The second-order valence-electron chi connectivity index (χ2n) is 4.64. The van der Waals surface area contributed by atoms with E-state index in [4.69, 9.17) is 14.2 Å². The summed E-state index contributed by atoms with van der Waals surface area (Å²) in [6, 6.07) is -0.366. The molecule has 8 heteroatoms. The molecule has 0 radical (unpaired) electrons. The van der Waals surface area contributed by atoms with Crippen molar-refractivity contribution in [1.29, 1.82) is 0 Å². The molecule has 1 atom stereocenters. The molecule has 130 valence electrons. The number of Topliss-reactive ketones (excluding diaryl/α,β-unsaturated/α-hetero) is 1. The maximum absolute atomic E-state index is 11.5. The monoisotopic (exact) mass is 319 g/mol. The summed E-state index contributed by atoms with van der Waals surface area (Å²) in [5, 5.41) is 8.43. The predicted octanol–water partition coefficient (Wildman–Crippen LogP) is -1.45. The number of likely N-dealkylation sites (N-methyl/N-ethyl adjacent to an activating group) is 2. The van der Waals surface area contributed by atoms with Crippen molar-refractivity contribution in [2.45, 2.75) is 13.0 Å². The molecule has 0 aliphatic carbocycles. The van der Waals surface area contributed by atoms with E-state index in [2.05, 4.69) is 16.0 Å². The lowest BCUT2D eigenvalue weighted by Gasteiger charge is -2.13. The van der Waals surface area contributed by atoms with Crippen LogP contribution in [0.4, 0.5) is 0 Å². The first-order chi connectivity index (χ1) is 10.6. The molecule has 0 aromatic carbocycles. The van der Waals surface area contributed by atoms with Crippen molar-refractivity contribution in [3.8, 4) is 0 Å². The minimum absolute atomic E-state index is 0.0194. The van der Waals surface area contributed by atoms with Crippen molar-refractivity contribution in [2.75, 3.05) is 66.8 Å². The van der Waals surface area contributed by atoms with Crippen LogP contribution in [-0.4, -0.2) is 84.6 Å². The standard InChI is InChI=1S/C14H29N3O5/c1-12(18)13(16-3)10-17-14(19)11-22-9-8-21-7-6-20-5-4-15-2/h13,15-16H,4-11H2,1-3H3,(H,17,19)/t13-/m1/s1. The van der Waals surface area contributed by atoms with Crippen molar-refractivity contribution >= 4 is 11.7 Å². The van der Waals surface area contributed by atoms with Gasteiger partial charge < -0.3 is 30.2 Å². The second kappa shape index (κ2) is 14.9. The first-order valence-electron chi connectivity index (χ1n) is 7.44. The van der Waals surface area contributed by atoms with E-state index in [0.717, 1.165) is 6.54 Å². The molecule has 0 aromatic rings. The molecule has 0 aromatic heterocycles. The number of carbonyl (C=O) groups excluding carboxylic acids is 2. The number of ketones is 1. The van der Waals surface area contributed by atoms with Crippen LogP contribution < -0.4 is 16.0 Å². The topological polar surface area (TPSA) is 97.9 Å². The molecule has 22 heavy (non-hydrogen) atoms. The van der Waals surface area contributed by atoms with Gasteiger partial charge in [0.2, 0.25) is 5.91 Å². The Labute approximate surface area is 132 Å². The first kappa shape index (κ1) is 20.9. The number of carbonyl (C=O) groups is 2. The molecule has 0 spiro atoms. The summed E-state index contributed by atoms with van der Waals surface area (Å²) in [6.07, 6.45) is 0. The Bertz CT molecular complexity index is 302. The zero-order valence-electron chi connectivity index (χ0n) is 13.8. The molecule has 0 aliphatic heterocycles. The van der Waals surface area contributed by atoms with E-state index in [1.807, 2.05) is 7.05 Å². The number of ether oxygens (including phenoxy) is 3. The minimum Gasteiger partial charge on any atom is -0.378 e. The van der Waals surface area contributed by atoms with E-state index in [1.54, 1.807) is 7.05 Å². The largest absolute Gasteiger partial charge is 0.378 e. The van der Waals surface area contributed by atoms with E-state index in [0.29, 0.717) is 33.0 Å². The Morgan fingerprint density at radius 3 is 2.09 bits per heavy atom. The SMILES string of the molecule is CNCCOCCOCCOCC(=O)NC[C@@H](NC)C(C)=O. The molecule has 0 heterocycles. The van der Waals surface area contributed by atoms with Gasteiger partial charge in [-0.15, -0.1) is 0 Å². The van der Waals surface area contributed by atoms with Gasteiger partial charge >= 0.3 is 0 Å². The molecule has 3 N–H and O–H groups in total. The van der Waals surface area contributed by atoms with Gasteiger partial charge in [-0.05, 0) is 21.0 Å². The maximum Gasteiger partial charge on any atom is 0.246 e. The number of rotatable bonds is 15. The van der Waals surface area contributed by atoms with Crippen LogP contribution in [-0.2, 0) is 23.8 Å². The minimum atomic E-state index is -0.366. The fraction of sp³-hybridized carbons (Fsp3) is 0.857. The molecule has 0 rings (SSSR count). The number of hydrogen-bond donors (Lipinski definition) is 3. The van der Waals surface area contributed by atoms with E-state index in [1.165, 1.54) is 6.92 Å². The van der Waals surface area contributed by atoms with Crippen LogP contribution in [0.1, 0.15) is 6.92 Å². The Morgan fingerprint density at radius 2 is 1.55 bits per heavy atom. The quantitative estimate of drug-likeness (QED) is 0.318. The molecular formula is C14H29N3O5. The van der Waals surface area contributed by atoms with Crippen LogP contribution in [0.5, 0.6) is 0 Å². The average molecular weight is 319 g/mol. The van der Waals surface area contributed by atoms with Gasteiger partial charge in [-0.1, -0.05) is 0 Å². The summed E-state index contributed by atoms with van der Waals surface area (Å²) >= 11 is 0. The van der Waals surface area contributed by atoms with Gasteiger partial charge in [-0.2, -0.15) is 0 Å². The fourth-order valence-corrected chi connectivity index (χ4v) is 1.49. The number of hydrogen-bond acceptors (Lipinski definition) is 7. The van der Waals surface area contributed by atoms with E-state index in [9.17, 15) is 9.59 Å². The fourth-order valence-electron chi connectivity index (χ4n) is 1.49. The normalized spacial score (nSPS) is 12.1. The van der Waals surface area contributed by atoms with Crippen molar-refractivity contribution in [1.82, 2.24) is 16.0 Å². The summed E-state index contributed by atoms with van der Waals surface area (Å²) in [7, 11) is 3.54. The lowest BCUT2D eigenvalue weighted by atomic mass is 10.2. The maximum atomic E-state index is 11.5. The zero-order valence-corrected chi connectivity index (χ0v) is 13.8. The third-order valence-electron chi connectivity index (χ3n) is 2.82. The molecule has 0 saturated carbocycles. The van der Waals surface area contributed by atoms with Crippen LogP contribution in [0.15, 0.2) is 0 Å². The van der Waals surface area contributed by atoms with Gasteiger partial charge in [0.15, 0.2) is 0 Å². The van der Waals surface area contributed by atoms with Crippen molar-refractivity contribution in [3.05, 3.63) is 0 Å². The molecule has 0 unspecified atom stereocenters. The molecule has 8 nitrogen and oxygen atoms in total. The van der Waals surface area contributed by atoms with Gasteiger partial charge in [0.1, 0.15) is 12.4 Å². The molecular weight excluding hydrogens is 290 g/mol. The summed E-state index contributed by atoms with van der Waals surface area (Å²) in [5.74, 6) is -0.272. The van der Waals surface area contributed by atoms with E-state index < -0.39 is 0 Å². The van der Waals surface area contributed by atoms with Crippen molar-refractivity contribution in [2.24, 2.45) is 0 Å². The third kappa shape index (κ3) is 12.7. The van der Waals surface area contributed by atoms with Gasteiger partial charge in [-0.25, -0.2) is 0 Å². The van der Waals surface area contributed by atoms with Crippen LogP contribution in [0, 0.1) is 0 Å². The zero-order chi connectivity index (χ0) is 16.6. The summed E-state index contributed by atoms with van der Waals surface area (Å²) < 4.78 is 15.7. The Morgan fingerprint density at radius 1 is 0.955 bits per heavy atom. The Hall–Kier alpha value is -1.06. The summed E-state index contributed by atoms with van der Waals surface area (Å²) in [6.45, 7) is 4.96. The Balaban J connectivity index is 3.37. The highest BCUT2D eigenvalue weighted by Crippen LogP contribution is 1.84.